The first-order valence-corrected chi connectivity index (χ1v) is 2.10. The Bertz CT molecular complexity index is 202. The van der Waals surface area contributed by atoms with Gasteiger partial charge in [-0.05, 0) is 19.0 Å². The van der Waals surface area contributed by atoms with E-state index in [4.69, 9.17) is 2.74 Å². The number of aryl methyl sites for hydroxylation is 1. The minimum absolute atomic E-state index is 0.220. The van der Waals surface area contributed by atoms with Crippen LogP contribution in [-0.4, -0.2) is 4.98 Å². The van der Waals surface area contributed by atoms with Crippen LogP contribution in [0, 0.1) is 6.92 Å². The first kappa shape index (κ1) is 2.46. The maximum absolute atomic E-state index is 7.19. The van der Waals surface area contributed by atoms with E-state index in [1.54, 1.807) is 6.92 Å². The van der Waals surface area contributed by atoms with Crippen LogP contribution < -0.4 is 0 Å². The fourth-order valence-electron chi connectivity index (χ4n) is 0.365. The molecule has 0 aliphatic carbocycles. The van der Waals surface area contributed by atoms with Crippen molar-refractivity contribution in [2.45, 2.75) is 6.92 Å². The molecule has 0 aromatic carbocycles. The summed E-state index contributed by atoms with van der Waals surface area (Å²) >= 11 is 0. The van der Waals surface area contributed by atoms with Crippen molar-refractivity contribution in [3.63, 3.8) is 0 Å². The van der Waals surface area contributed by atoms with Crippen LogP contribution in [-0.2, 0) is 0 Å². The molecule has 0 atom stereocenters. The number of rotatable bonds is 0. The summed E-state index contributed by atoms with van der Waals surface area (Å²) in [7, 11) is 0. The Labute approximate surface area is 45.8 Å². The molecule has 0 radical (unpaired) electrons. The van der Waals surface area contributed by atoms with Crippen LogP contribution in [0.1, 0.15) is 8.44 Å². The van der Waals surface area contributed by atoms with Gasteiger partial charge in [0, 0.05) is 11.9 Å². The fraction of sp³-hybridized carbons (Fsp3) is 0.167. The van der Waals surface area contributed by atoms with Crippen LogP contribution >= 0.6 is 0 Å². The number of hydrogen-bond acceptors (Lipinski definition) is 1. The summed E-state index contributed by atoms with van der Waals surface area (Å²) in [4.78, 5) is 3.83. The highest BCUT2D eigenvalue weighted by molar-refractivity contribution is 4.99. The van der Waals surface area contributed by atoms with Gasteiger partial charge in [-0.2, -0.15) is 0 Å². The fourth-order valence-corrected chi connectivity index (χ4v) is 0.365. The average Bonchev–Trinajstić information content (AvgIpc) is 1.83. The van der Waals surface area contributed by atoms with E-state index in [0.29, 0.717) is 5.69 Å². The van der Waals surface area contributed by atoms with Gasteiger partial charge < -0.3 is 0 Å². The Hall–Kier alpha value is -0.850. The summed E-state index contributed by atoms with van der Waals surface area (Å²) in [6.45, 7) is 1.72. The third-order valence-electron chi connectivity index (χ3n) is 0.679. The quantitative estimate of drug-likeness (QED) is 0.474. The van der Waals surface area contributed by atoms with E-state index in [1.165, 1.54) is 12.3 Å². The lowest BCUT2D eigenvalue weighted by Gasteiger charge is -1.82. The van der Waals surface area contributed by atoms with Gasteiger partial charge in [0.1, 0.15) is 0 Å². The van der Waals surface area contributed by atoms with Gasteiger partial charge in [0.25, 0.3) is 0 Å². The molecule has 0 N–H and O–H groups in total. The normalized spacial score (nSPS) is 12.7. The molecule has 1 nitrogen and oxygen atoms in total. The zero-order valence-corrected chi connectivity index (χ0v) is 4.10. The second-order valence-corrected chi connectivity index (χ2v) is 1.30. The van der Waals surface area contributed by atoms with E-state index >= 15 is 0 Å². The highest BCUT2D eigenvalue weighted by Gasteiger charge is 1.73. The number of pyridine rings is 1. The zero-order valence-electron chi connectivity index (χ0n) is 6.10. The van der Waals surface area contributed by atoms with E-state index in [0.717, 1.165) is 0 Å². The number of aromatic nitrogens is 1. The van der Waals surface area contributed by atoms with Crippen LogP contribution in [0.4, 0.5) is 0 Å². The lowest BCUT2D eigenvalue weighted by atomic mass is 10.4. The van der Waals surface area contributed by atoms with E-state index in [2.05, 4.69) is 4.98 Å². The zero-order chi connectivity index (χ0) is 6.85. The molecular weight excluding hydrogens is 86.1 g/mol. The van der Waals surface area contributed by atoms with Crippen LogP contribution in [0.5, 0.6) is 0 Å². The standard InChI is InChI=1S/C6H7N/c1-6-4-2-3-5-7-6/h2-5H,1H3/i2D,4D. The molecule has 1 aromatic heterocycles. The van der Waals surface area contributed by atoms with Crippen LogP contribution in [0.15, 0.2) is 24.3 Å². The summed E-state index contributed by atoms with van der Waals surface area (Å²) in [5, 5.41) is 0. The monoisotopic (exact) mass is 95.1 g/mol. The Morgan fingerprint density at radius 1 is 1.86 bits per heavy atom. The Morgan fingerprint density at radius 2 is 2.71 bits per heavy atom. The van der Waals surface area contributed by atoms with Gasteiger partial charge in [-0.15, -0.1) is 0 Å². The van der Waals surface area contributed by atoms with Crippen molar-refractivity contribution in [2.24, 2.45) is 0 Å². The van der Waals surface area contributed by atoms with Gasteiger partial charge in [-0.1, -0.05) is 6.04 Å². The largest absolute Gasteiger partial charge is 0.262 e. The molecule has 1 heterocycles. The Balaban J connectivity index is 3.25. The van der Waals surface area contributed by atoms with Crippen molar-refractivity contribution in [3.8, 4) is 0 Å². The Morgan fingerprint density at radius 3 is 3.29 bits per heavy atom. The molecule has 0 aliphatic rings. The van der Waals surface area contributed by atoms with Gasteiger partial charge in [0.05, 0.1) is 2.74 Å². The van der Waals surface area contributed by atoms with E-state index in [9.17, 15) is 0 Å². The van der Waals surface area contributed by atoms with Crippen LogP contribution in [0.25, 0.3) is 0 Å². The van der Waals surface area contributed by atoms with E-state index in [1.807, 2.05) is 0 Å². The third kappa shape index (κ3) is 1.000. The molecule has 0 aliphatic heterocycles. The van der Waals surface area contributed by atoms with E-state index in [-0.39, 0.29) is 12.1 Å². The van der Waals surface area contributed by atoms with Crippen molar-refractivity contribution in [1.82, 2.24) is 4.98 Å². The minimum atomic E-state index is 0.220. The van der Waals surface area contributed by atoms with Crippen molar-refractivity contribution in [2.75, 3.05) is 0 Å². The molecule has 0 bridgehead atoms. The predicted octanol–water partition coefficient (Wildman–Crippen LogP) is 1.39. The van der Waals surface area contributed by atoms with Gasteiger partial charge >= 0.3 is 0 Å². The SMILES string of the molecule is [2H]c1ccnc(C)c1[2H]. The van der Waals surface area contributed by atoms with Gasteiger partial charge in [-0.3, -0.25) is 4.98 Å². The lowest BCUT2D eigenvalue weighted by Crippen LogP contribution is -1.72. The first-order valence-electron chi connectivity index (χ1n) is 3.10. The molecule has 0 spiro atoms. The maximum atomic E-state index is 7.19. The van der Waals surface area contributed by atoms with Crippen molar-refractivity contribution >= 4 is 0 Å². The smallest absolute Gasteiger partial charge is 0.0642 e. The molecule has 1 rings (SSSR count). The minimum Gasteiger partial charge on any atom is -0.262 e. The van der Waals surface area contributed by atoms with Crippen LogP contribution in [0.3, 0.4) is 0 Å². The molecule has 0 amide bonds. The molecule has 0 fully saturated rings. The summed E-state index contributed by atoms with van der Waals surface area (Å²) in [6, 6.07) is 1.97. The molecule has 1 heteroatoms. The molecule has 0 saturated carbocycles. The number of hydrogen-bond donors (Lipinski definition) is 0. The lowest BCUT2D eigenvalue weighted by molar-refractivity contribution is 1.20. The van der Waals surface area contributed by atoms with E-state index < -0.39 is 0 Å². The second-order valence-electron chi connectivity index (χ2n) is 1.30. The molecular formula is C6H7N. The highest BCUT2D eigenvalue weighted by atomic mass is 14.6. The van der Waals surface area contributed by atoms with Crippen molar-refractivity contribution in [1.29, 1.82) is 0 Å². The highest BCUT2D eigenvalue weighted by Crippen LogP contribution is 1.85. The summed E-state index contributed by atoms with van der Waals surface area (Å²) in [5.41, 5.74) is 0.613. The van der Waals surface area contributed by atoms with Gasteiger partial charge in [0.2, 0.25) is 0 Å². The first-order chi connectivity index (χ1) is 4.22. The molecule has 36 valence electrons. The summed E-state index contributed by atoms with van der Waals surface area (Å²) < 4.78 is 14.3. The second kappa shape index (κ2) is 1.73. The topological polar surface area (TPSA) is 12.9 Å². The van der Waals surface area contributed by atoms with Crippen molar-refractivity contribution in [3.05, 3.63) is 30.0 Å². The summed E-state index contributed by atoms with van der Waals surface area (Å²) in [6.07, 6.45) is 1.54. The number of nitrogens with zero attached hydrogens (tertiary/aromatic N) is 1. The van der Waals surface area contributed by atoms with Gasteiger partial charge in [0.15, 0.2) is 0 Å². The van der Waals surface area contributed by atoms with Crippen LogP contribution in [0.2, 0.25) is 0 Å². The Kier molecular flexibility index (Phi) is 0.609. The molecule has 0 saturated heterocycles. The van der Waals surface area contributed by atoms with Gasteiger partial charge in [-0.25, -0.2) is 0 Å². The average molecular weight is 95.1 g/mol. The molecule has 1 aromatic rings. The predicted molar refractivity (Wildman–Crippen MR) is 29.0 cm³/mol. The van der Waals surface area contributed by atoms with Crippen molar-refractivity contribution < 1.29 is 2.74 Å². The summed E-state index contributed by atoms with van der Waals surface area (Å²) in [5.74, 6) is 0. The molecule has 0 unspecified atom stereocenters. The maximum Gasteiger partial charge on any atom is 0.0642 e. The third-order valence-corrected chi connectivity index (χ3v) is 0.679. The molecule has 7 heavy (non-hydrogen) atoms.